The number of nitrogens with zero attached hydrogens (tertiary/aromatic N) is 4. The molecule has 0 radical (unpaired) electrons. The van der Waals surface area contributed by atoms with Crippen LogP contribution in [0.25, 0.3) is 0 Å². The molecule has 7 nitrogen and oxygen atoms in total. The molecule has 2 atom stereocenters. The maximum absolute atomic E-state index is 13.2. The zero-order valence-corrected chi connectivity index (χ0v) is 19.7. The summed E-state index contributed by atoms with van der Waals surface area (Å²) in [6, 6.07) is 8.26. The Balaban J connectivity index is 1.39. The summed E-state index contributed by atoms with van der Waals surface area (Å²) in [4.78, 5) is 6.86. The number of piperazine rings is 1. The molecule has 2 heterocycles. The van der Waals surface area contributed by atoms with Crippen LogP contribution in [-0.2, 0) is 21.2 Å². The SMILES string of the molecule is COC1=CCC(S(=O)(=O)N2CCN(c3nc(Cc4ccc(C)cc4)ns3)CC2C)C=C1. The number of aryl methyl sites for hydroxylation is 1. The lowest BCUT2D eigenvalue weighted by atomic mass is 10.1. The van der Waals surface area contributed by atoms with E-state index in [4.69, 9.17) is 9.72 Å². The Kier molecular flexibility index (Phi) is 6.45. The van der Waals surface area contributed by atoms with Crippen LogP contribution in [0.5, 0.6) is 0 Å². The van der Waals surface area contributed by atoms with Crippen molar-refractivity contribution in [1.29, 1.82) is 0 Å². The van der Waals surface area contributed by atoms with Gasteiger partial charge in [0.05, 0.1) is 12.4 Å². The maximum atomic E-state index is 13.2. The largest absolute Gasteiger partial charge is 0.497 e. The van der Waals surface area contributed by atoms with E-state index in [9.17, 15) is 8.42 Å². The Morgan fingerprint density at radius 1 is 1.23 bits per heavy atom. The van der Waals surface area contributed by atoms with Gasteiger partial charge >= 0.3 is 0 Å². The van der Waals surface area contributed by atoms with Gasteiger partial charge in [-0.3, -0.25) is 0 Å². The first-order valence-corrected chi connectivity index (χ1v) is 12.7. The predicted octanol–water partition coefficient (Wildman–Crippen LogP) is 3.14. The summed E-state index contributed by atoms with van der Waals surface area (Å²) < 4.78 is 37.7. The number of sulfonamides is 1. The second-order valence-corrected chi connectivity index (χ2v) is 10.9. The van der Waals surface area contributed by atoms with Crippen LogP contribution >= 0.6 is 11.5 Å². The number of allylic oxidation sites excluding steroid dienone is 2. The normalized spacial score (nSPS) is 22.4. The highest BCUT2D eigenvalue weighted by molar-refractivity contribution is 7.89. The van der Waals surface area contributed by atoms with Gasteiger partial charge in [-0.05, 0) is 38.0 Å². The van der Waals surface area contributed by atoms with Crippen molar-refractivity contribution in [2.75, 3.05) is 31.6 Å². The van der Waals surface area contributed by atoms with Crippen molar-refractivity contribution in [3.8, 4) is 0 Å². The predicted molar refractivity (Wildman–Crippen MR) is 124 cm³/mol. The summed E-state index contributed by atoms with van der Waals surface area (Å²) in [6.07, 6.45) is 6.44. The summed E-state index contributed by atoms with van der Waals surface area (Å²) in [5, 5.41) is 0.319. The van der Waals surface area contributed by atoms with E-state index < -0.39 is 15.3 Å². The standard InChI is InChI=1S/C22H28N4O3S2/c1-16-4-6-18(7-5-16)14-21-23-22(30-24-21)25-12-13-26(17(2)15-25)31(27,28)20-10-8-19(29-3)9-11-20/h4-10,17,20H,11-15H2,1-3H3. The Hall–Kier alpha value is -2.23. The molecule has 1 aromatic heterocycles. The summed E-state index contributed by atoms with van der Waals surface area (Å²) in [5.74, 6) is 1.52. The molecule has 31 heavy (non-hydrogen) atoms. The molecule has 9 heteroatoms. The molecule has 2 aliphatic rings. The molecule has 0 amide bonds. The number of anilines is 1. The Morgan fingerprint density at radius 2 is 2.00 bits per heavy atom. The number of hydrogen-bond donors (Lipinski definition) is 0. The van der Waals surface area contributed by atoms with Gasteiger partial charge in [-0.2, -0.15) is 8.68 Å². The molecular formula is C22H28N4O3S2. The summed E-state index contributed by atoms with van der Waals surface area (Å²) in [5.41, 5.74) is 2.42. The van der Waals surface area contributed by atoms with E-state index in [-0.39, 0.29) is 6.04 Å². The van der Waals surface area contributed by atoms with Crippen molar-refractivity contribution in [2.45, 2.75) is 38.0 Å². The molecule has 1 saturated heterocycles. The molecule has 0 saturated carbocycles. The van der Waals surface area contributed by atoms with Crippen molar-refractivity contribution in [2.24, 2.45) is 0 Å². The quantitative estimate of drug-likeness (QED) is 0.659. The first-order valence-electron chi connectivity index (χ1n) is 10.4. The average Bonchev–Trinajstić information content (AvgIpc) is 3.23. The molecule has 166 valence electrons. The van der Waals surface area contributed by atoms with E-state index in [0.717, 1.165) is 11.0 Å². The van der Waals surface area contributed by atoms with Crippen LogP contribution in [0.3, 0.4) is 0 Å². The lowest BCUT2D eigenvalue weighted by Gasteiger charge is -2.40. The van der Waals surface area contributed by atoms with Crippen LogP contribution in [0.2, 0.25) is 0 Å². The van der Waals surface area contributed by atoms with Crippen LogP contribution in [0.15, 0.2) is 48.3 Å². The Labute approximate surface area is 188 Å². The summed E-state index contributed by atoms with van der Waals surface area (Å²) in [7, 11) is -1.83. The molecule has 1 aromatic carbocycles. The number of methoxy groups -OCH3 is 1. The monoisotopic (exact) mass is 460 g/mol. The molecule has 1 aliphatic heterocycles. The zero-order chi connectivity index (χ0) is 22.0. The number of benzene rings is 1. The highest BCUT2D eigenvalue weighted by atomic mass is 32.2. The van der Waals surface area contributed by atoms with E-state index in [1.165, 1.54) is 22.7 Å². The van der Waals surface area contributed by atoms with E-state index in [0.29, 0.717) is 38.2 Å². The Morgan fingerprint density at radius 3 is 2.65 bits per heavy atom. The fourth-order valence-corrected chi connectivity index (χ4v) is 6.54. The van der Waals surface area contributed by atoms with Crippen molar-refractivity contribution in [3.05, 3.63) is 65.2 Å². The van der Waals surface area contributed by atoms with Gasteiger partial charge in [0.25, 0.3) is 0 Å². The van der Waals surface area contributed by atoms with Crippen LogP contribution in [0.4, 0.5) is 5.13 Å². The highest BCUT2D eigenvalue weighted by Gasteiger charge is 2.37. The number of rotatable bonds is 6. The maximum Gasteiger partial charge on any atom is 0.221 e. The van der Waals surface area contributed by atoms with Crippen molar-refractivity contribution in [1.82, 2.24) is 13.7 Å². The van der Waals surface area contributed by atoms with Gasteiger partial charge in [-0.25, -0.2) is 13.4 Å². The summed E-state index contributed by atoms with van der Waals surface area (Å²) >= 11 is 1.38. The van der Waals surface area contributed by atoms with Crippen LogP contribution in [0, 0.1) is 6.92 Å². The third-order valence-electron chi connectivity index (χ3n) is 5.75. The molecule has 4 rings (SSSR count). The van der Waals surface area contributed by atoms with Crippen molar-refractivity contribution in [3.63, 3.8) is 0 Å². The smallest absolute Gasteiger partial charge is 0.221 e. The molecule has 0 N–H and O–H groups in total. The third kappa shape index (κ3) is 4.83. The van der Waals surface area contributed by atoms with Crippen LogP contribution in [0.1, 0.15) is 30.3 Å². The molecule has 1 fully saturated rings. The van der Waals surface area contributed by atoms with E-state index in [2.05, 4.69) is 40.5 Å². The Bertz CT molecular complexity index is 1080. The highest BCUT2D eigenvalue weighted by Crippen LogP contribution is 2.27. The lowest BCUT2D eigenvalue weighted by Crippen LogP contribution is -2.55. The van der Waals surface area contributed by atoms with Crippen molar-refractivity contribution < 1.29 is 13.2 Å². The van der Waals surface area contributed by atoms with Gasteiger partial charge in [-0.1, -0.05) is 35.9 Å². The molecule has 2 unspecified atom stereocenters. The molecule has 0 spiro atoms. The topological polar surface area (TPSA) is 75.6 Å². The minimum absolute atomic E-state index is 0.135. The van der Waals surface area contributed by atoms with Gasteiger partial charge in [0.15, 0.2) is 0 Å². The van der Waals surface area contributed by atoms with E-state index in [1.54, 1.807) is 23.6 Å². The third-order valence-corrected chi connectivity index (χ3v) is 8.87. The summed E-state index contributed by atoms with van der Waals surface area (Å²) in [6.45, 7) is 5.69. The molecular weight excluding hydrogens is 432 g/mol. The number of aromatic nitrogens is 2. The first kappa shape index (κ1) is 22.0. The fourth-order valence-electron chi connectivity index (χ4n) is 3.95. The second kappa shape index (κ2) is 9.10. The van der Waals surface area contributed by atoms with Crippen molar-refractivity contribution >= 4 is 26.7 Å². The number of hydrogen-bond acceptors (Lipinski definition) is 7. The minimum atomic E-state index is -3.42. The molecule has 1 aliphatic carbocycles. The van der Waals surface area contributed by atoms with Crippen LogP contribution < -0.4 is 4.90 Å². The average molecular weight is 461 g/mol. The molecule has 2 aromatic rings. The minimum Gasteiger partial charge on any atom is -0.497 e. The van der Waals surface area contributed by atoms with Crippen LogP contribution in [-0.4, -0.2) is 60.1 Å². The number of ether oxygens (including phenoxy) is 1. The van der Waals surface area contributed by atoms with Gasteiger partial charge < -0.3 is 9.64 Å². The fraction of sp³-hybridized carbons (Fsp3) is 0.455. The molecule has 0 bridgehead atoms. The first-order chi connectivity index (χ1) is 14.9. The lowest BCUT2D eigenvalue weighted by molar-refractivity contribution is 0.299. The van der Waals surface area contributed by atoms with Gasteiger partial charge in [0, 0.05) is 43.6 Å². The second-order valence-electron chi connectivity index (χ2n) is 8.05. The van der Waals surface area contributed by atoms with Gasteiger partial charge in [0.1, 0.15) is 11.6 Å². The van der Waals surface area contributed by atoms with Gasteiger partial charge in [0.2, 0.25) is 15.2 Å². The zero-order valence-electron chi connectivity index (χ0n) is 18.1. The van der Waals surface area contributed by atoms with Gasteiger partial charge in [-0.15, -0.1) is 0 Å². The van der Waals surface area contributed by atoms with E-state index in [1.807, 2.05) is 13.0 Å². The van der Waals surface area contributed by atoms with E-state index >= 15 is 0 Å².